The van der Waals surface area contributed by atoms with E-state index in [9.17, 15) is 0 Å². The fraction of sp³-hybridized carbons (Fsp3) is 0.818. The summed E-state index contributed by atoms with van der Waals surface area (Å²) >= 11 is 0. The van der Waals surface area contributed by atoms with Gasteiger partial charge in [-0.2, -0.15) is 0 Å². The average molecular weight is 180 g/mol. The monoisotopic (exact) mass is 180 g/mol. The van der Waals surface area contributed by atoms with E-state index in [1.165, 1.54) is 19.4 Å². The van der Waals surface area contributed by atoms with Gasteiger partial charge in [-0.25, -0.2) is 0 Å². The van der Waals surface area contributed by atoms with E-state index in [0.717, 1.165) is 19.0 Å². The van der Waals surface area contributed by atoms with Gasteiger partial charge >= 0.3 is 0 Å². The standard InChI is InChI=1S/C11H20N2/c1-4-11(2,3)13-9-10-6-5-7-12-8-10/h1,10,12-13H,5-9H2,2-3H3. The third-order valence-electron chi connectivity index (χ3n) is 2.59. The summed E-state index contributed by atoms with van der Waals surface area (Å²) in [5.74, 6) is 3.50. The van der Waals surface area contributed by atoms with Gasteiger partial charge in [0, 0.05) is 6.54 Å². The van der Waals surface area contributed by atoms with Crippen LogP contribution < -0.4 is 10.6 Å². The van der Waals surface area contributed by atoms with E-state index in [2.05, 4.69) is 16.6 Å². The minimum atomic E-state index is -0.155. The Labute approximate surface area is 81.5 Å². The van der Waals surface area contributed by atoms with Crippen LogP contribution in [0.25, 0.3) is 0 Å². The Balaban J connectivity index is 2.22. The molecule has 0 aromatic carbocycles. The molecule has 74 valence electrons. The SMILES string of the molecule is C#CC(C)(C)NCC1CCCNC1. The first kappa shape index (κ1) is 10.6. The molecule has 1 heterocycles. The molecule has 13 heavy (non-hydrogen) atoms. The number of hydrogen-bond donors (Lipinski definition) is 2. The van der Waals surface area contributed by atoms with Gasteiger partial charge < -0.3 is 10.6 Å². The summed E-state index contributed by atoms with van der Waals surface area (Å²) in [5.41, 5.74) is -0.155. The summed E-state index contributed by atoms with van der Waals surface area (Å²) in [6.45, 7) is 7.43. The Hall–Kier alpha value is -0.520. The molecule has 1 aliphatic rings. The molecular formula is C11H20N2. The highest BCUT2D eigenvalue weighted by Gasteiger charge is 2.17. The zero-order valence-electron chi connectivity index (χ0n) is 8.69. The first-order valence-electron chi connectivity index (χ1n) is 5.07. The Morgan fingerprint density at radius 2 is 2.38 bits per heavy atom. The predicted octanol–water partition coefficient (Wildman–Crippen LogP) is 0.987. The van der Waals surface area contributed by atoms with Crippen molar-refractivity contribution in [2.75, 3.05) is 19.6 Å². The zero-order valence-corrected chi connectivity index (χ0v) is 8.69. The number of nitrogens with one attached hydrogen (secondary N) is 2. The quantitative estimate of drug-likeness (QED) is 0.633. The first-order chi connectivity index (χ1) is 6.14. The smallest absolute Gasteiger partial charge is 0.0741 e. The van der Waals surface area contributed by atoms with Gasteiger partial charge in [0.1, 0.15) is 0 Å². The highest BCUT2D eigenvalue weighted by molar-refractivity contribution is 5.07. The molecule has 0 aromatic rings. The van der Waals surface area contributed by atoms with Crippen molar-refractivity contribution in [1.82, 2.24) is 10.6 Å². The molecule has 1 atom stereocenters. The normalized spacial score (nSPS) is 23.9. The summed E-state index contributed by atoms with van der Waals surface area (Å²) in [5, 5.41) is 6.80. The Morgan fingerprint density at radius 3 is 2.92 bits per heavy atom. The molecule has 0 bridgehead atoms. The molecule has 0 aliphatic carbocycles. The highest BCUT2D eigenvalue weighted by atomic mass is 15.0. The van der Waals surface area contributed by atoms with Crippen molar-refractivity contribution in [3.8, 4) is 12.3 Å². The minimum absolute atomic E-state index is 0.155. The second-order valence-corrected chi connectivity index (χ2v) is 4.36. The van der Waals surface area contributed by atoms with Crippen molar-refractivity contribution in [1.29, 1.82) is 0 Å². The maximum absolute atomic E-state index is 5.39. The van der Waals surface area contributed by atoms with E-state index in [0.29, 0.717) is 0 Å². The molecule has 0 radical (unpaired) electrons. The molecule has 2 N–H and O–H groups in total. The van der Waals surface area contributed by atoms with Gasteiger partial charge in [0.25, 0.3) is 0 Å². The van der Waals surface area contributed by atoms with Crippen LogP contribution in [-0.2, 0) is 0 Å². The van der Waals surface area contributed by atoms with Gasteiger partial charge in [-0.1, -0.05) is 5.92 Å². The molecule has 0 amide bonds. The maximum atomic E-state index is 5.39. The molecule has 1 aliphatic heterocycles. The summed E-state index contributed by atoms with van der Waals surface area (Å²) < 4.78 is 0. The lowest BCUT2D eigenvalue weighted by atomic mass is 9.98. The van der Waals surface area contributed by atoms with E-state index in [1.54, 1.807) is 0 Å². The molecule has 1 fully saturated rings. The fourth-order valence-electron chi connectivity index (χ4n) is 1.55. The maximum Gasteiger partial charge on any atom is 0.0741 e. The highest BCUT2D eigenvalue weighted by Crippen LogP contribution is 2.10. The van der Waals surface area contributed by atoms with Crippen molar-refractivity contribution in [3.63, 3.8) is 0 Å². The van der Waals surface area contributed by atoms with Crippen LogP contribution in [0.4, 0.5) is 0 Å². The van der Waals surface area contributed by atoms with E-state index < -0.39 is 0 Å². The van der Waals surface area contributed by atoms with Crippen molar-refractivity contribution in [2.24, 2.45) is 5.92 Å². The Kier molecular flexibility index (Phi) is 3.77. The fourth-order valence-corrected chi connectivity index (χ4v) is 1.55. The summed E-state index contributed by atoms with van der Waals surface area (Å²) in [6.07, 6.45) is 8.01. The molecule has 0 saturated carbocycles. The van der Waals surface area contributed by atoms with Gasteiger partial charge in [0.05, 0.1) is 5.54 Å². The summed E-state index contributed by atoms with van der Waals surface area (Å²) in [4.78, 5) is 0. The zero-order chi connectivity index (χ0) is 9.73. The molecule has 2 heteroatoms. The Morgan fingerprint density at radius 1 is 1.62 bits per heavy atom. The van der Waals surface area contributed by atoms with E-state index in [1.807, 2.05) is 13.8 Å². The van der Waals surface area contributed by atoms with Crippen LogP contribution in [0.15, 0.2) is 0 Å². The van der Waals surface area contributed by atoms with Crippen LogP contribution in [0, 0.1) is 18.3 Å². The molecule has 0 aromatic heterocycles. The van der Waals surface area contributed by atoms with Crippen molar-refractivity contribution in [2.45, 2.75) is 32.2 Å². The van der Waals surface area contributed by atoms with Gasteiger partial charge in [0.2, 0.25) is 0 Å². The summed E-state index contributed by atoms with van der Waals surface area (Å²) in [6, 6.07) is 0. The topological polar surface area (TPSA) is 24.1 Å². The number of hydrogen-bond acceptors (Lipinski definition) is 2. The third-order valence-corrected chi connectivity index (χ3v) is 2.59. The molecule has 1 unspecified atom stereocenters. The van der Waals surface area contributed by atoms with Crippen LogP contribution in [0.5, 0.6) is 0 Å². The van der Waals surface area contributed by atoms with Crippen molar-refractivity contribution < 1.29 is 0 Å². The van der Waals surface area contributed by atoms with Gasteiger partial charge in [-0.3, -0.25) is 0 Å². The lowest BCUT2D eigenvalue weighted by Gasteiger charge is -2.27. The van der Waals surface area contributed by atoms with E-state index >= 15 is 0 Å². The van der Waals surface area contributed by atoms with E-state index in [4.69, 9.17) is 6.42 Å². The van der Waals surface area contributed by atoms with Gasteiger partial charge in [-0.05, 0) is 45.7 Å². The molecule has 2 nitrogen and oxygen atoms in total. The van der Waals surface area contributed by atoms with Gasteiger partial charge in [0.15, 0.2) is 0 Å². The largest absolute Gasteiger partial charge is 0.316 e. The number of piperidine rings is 1. The van der Waals surface area contributed by atoms with E-state index in [-0.39, 0.29) is 5.54 Å². The molecular weight excluding hydrogens is 160 g/mol. The summed E-state index contributed by atoms with van der Waals surface area (Å²) in [7, 11) is 0. The number of rotatable bonds is 3. The second kappa shape index (κ2) is 4.64. The van der Waals surface area contributed by atoms with Crippen LogP contribution in [0.3, 0.4) is 0 Å². The predicted molar refractivity (Wildman–Crippen MR) is 56.5 cm³/mol. The van der Waals surface area contributed by atoms with Crippen molar-refractivity contribution >= 4 is 0 Å². The lowest BCUT2D eigenvalue weighted by Crippen LogP contribution is -2.44. The lowest BCUT2D eigenvalue weighted by molar-refractivity contribution is 0.334. The van der Waals surface area contributed by atoms with Gasteiger partial charge in [-0.15, -0.1) is 6.42 Å². The Bertz CT molecular complexity index is 185. The molecule has 1 saturated heterocycles. The molecule has 1 rings (SSSR count). The minimum Gasteiger partial charge on any atom is -0.316 e. The van der Waals surface area contributed by atoms with Crippen LogP contribution in [-0.4, -0.2) is 25.2 Å². The van der Waals surface area contributed by atoms with Crippen molar-refractivity contribution in [3.05, 3.63) is 0 Å². The van der Waals surface area contributed by atoms with Crippen LogP contribution >= 0.6 is 0 Å². The van der Waals surface area contributed by atoms with Crippen LogP contribution in [0.1, 0.15) is 26.7 Å². The third kappa shape index (κ3) is 3.80. The average Bonchev–Trinajstić information content (AvgIpc) is 2.17. The number of terminal acetylenes is 1. The second-order valence-electron chi connectivity index (χ2n) is 4.36. The molecule has 0 spiro atoms. The first-order valence-corrected chi connectivity index (χ1v) is 5.07. The van der Waals surface area contributed by atoms with Crippen LogP contribution in [0.2, 0.25) is 0 Å².